The number of aliphatic imine (C=N–C) groups is 1. The summed E-state index contributed by atoms with van der Waals surface area (Å²) in [4.78, 5) is 6.24. The molecule has 0 spiro atoms. The summed E-state index contributed by atoms with van der Waals surface area (Å²) in [6, 6.07) is 12.0. The van der Waals surface area contributed by atoms with Crippen LogP contribution in [0.25, 0.3) is 0 Å². The third-order valence-electron chi connectivity index (χ3n) is 3.41. The molecule has 2 N–H and O–H groups in total. The molecule has 0 bridgehead atoms. The van der Waals surface area contributed by atoms with E-state index in [1.807, 2.05) is 17.0 Å². The molecule has 1 unspecified atom stereocenters. The molecule has 0 aliphatic carbocycles. The van der Waals surface area contributed by atoms with Gasteiger partial charge in [-0.2, -0.15) is 0 Å². The third-order valence-corrected chi connectivity index (χ3v) is 4.35. The maximum Gasteiger partial charge on any atom is 0.196 e. The lowest BCUT2D eigenvalue weighted by Crippen LogP contribution is -2.36. The standard InChI is InChI=1S/C15H12BrClFN3/c16-13-7-10(18)3-6-12(13)14-8-20-15(19)21(14)11-4-1-9(17)2-5-11/h1-7,14H,8H2,(H2,19,20). The van der Waals surface area contributed by atoms with Gasteiger partial charge in [-0.25, -0.2) is 4.39 Å². The summed E-state index contributed by atoms with van der Waals surface area (Å²) in [5.41, 5.74) is 7.85. The fraction of sp³-hybridized carbons (Fsp3) is 0.133. The van der Waals surface area contributed by atoms with E-state index in [2.05, 4.69) is 20.9 Å². The summed E-state index contributed by atoms with van der Waals surface area (Å²) in [7, 11) is 0. The Labute approximate surface area is 135 Å². The summed E-state index contributed by atoms with van der Waals surface area (Å²) in [5, 5.41) is 0.660. The molecule has 1 aliphatic rings. The zero-order valence-electron chi connectivity index (χ0n) is 10.9. The zero-order valence-corrected chi connectivity index (χ0v) is 13.3. The first-order valence-corrected chi connectivity index (χ1v) is 7.53. The topological polar surface area (TPSA) is 41.6 Å². The summed E-state index contributed by atoms with van der Waals surface area (Å²) in [6.45, 7) is 0.526. The van der Waals surface area contributed by atoms with Gasteiger partial charge in [-0.05, 0) is 42.0 Å². The molecule has 1 aliphatic heterocycles. The van der Waals surface area contributed by atoms with Gasteiger partial charge in [0, 0.05) is 15.2 Å². The lowest BCUT2D eigenvalue weighted by molar-refractivity contribution is 0.624. The SMILES string of the molecule is NC1=NCC(c2ccc(F)cc2Br)N1c1ccc(Cl)cc1. The van der Waals surface area contributed by atoms with Crippen molar-refractivity contribution in [3.63, 3.8) is 0 Å². The van der Waals surface area contributed by atoms with Gasteiger partial charge < -0.3 is 10.6 Å². The Kier molecular flexibility index (Phi) is 3.87. The molecule has 0 fully saturated rings. The summed E-state index contributed by atoms with van der Waals surface area (Å²) in [5.74, 6) is 0.161. The predicted octanol–water partition coefficient (Wildman–Crippen LogP) is 4.12. The normalized spacial score (nSPS) is 18.0. The van der Waals surface area contributed by atoms with E-state index >= 15 is 0 Å². The Bertz CT molecular complexity index is 703. The number of guanidine groups is 1. The fourth-order valence-electron chi connectivity index (χ4n) is 2.42. The van der Waals surface area contributed by atoms with Crippen LogP contribution < -0.4 is 10.6 Å². The molecule has 108 valence electrons. The molecular weight excluding hydrogens is 357 g/mol. The average molecular weight is 369 g/mol. The quantitative estimate of drug-likeness (QED) is 0.866. The molecule has 0 radical (unpaired) electrons. The number of nitrogens with zero attached hydrogens (tertiary/aromatic N) is 2. The van der Waals surface area contributed by atoms with Crippen molar-refractivity contribution in [3.05, 3.63) is 63.3 Å². The second kappa shape index (κ2) is 5.66. The van der Waals surface area contributed by atoms with Crippen LogP contribution >= 0.6 is 27.5 Å². The molecule has 21 heavy (non-hydrogen) atoms. The van der Waals surface area contributed by atoms with Crippen LogP contribution in [0.3, 0.4) is 0 Å². The van der Waals surface area contributed by atoms with Crippen LogP contribution in [0.5, 0.6) is 0 Å². The van der Waals surface area contributed by atoms with Crippen molar-refractivity contribution in [3.8, 4) is 0 Å². The molecule has 0 amide bonds. The molecule has 1 heterocycles. The minimum atomic E-state index is -0.282. The van der Waals surface area contributed by atoms with E-state index in [1.54, 1.807) is 18.2 Å². The Morgan fingerprint density at radius 2 is 1.95 bits per heavy atom. The number of rotatable bonds is 2. The van der Waals surface area contributed by atoms with E-state index in [1.165, 1.54) is 12.1 Å². The number of nitrogens with two attached hydrogens (primary N) is 1. The molecule has 3 rings (SSSR count). The monoisotopic (exact) mass is 367 g/mol. The molecule has 6 heteroatoms. The molecule has 1 atom stereocenters. The van der Waals surface area contributed by atoms with Gasteiger partial charge in [0.15, 0.2) is 5.96 Å². The molecule has 0 saturated carbocycles. The largest absolute Gasteiger partial charge is 0.369 e. The van der Waals surface area contributed by atoms with E-state index in [4.69, 9.17) is 17.3 Å². The van der Waals surface area contributed by atoms with Crippen LogP contribution in [-0.4, -0.2) is 12.5 Å². The van der Waals surface area contributed by atoms with Crippen LogP contribution in [0.1, 0.15) is 11.6 Å². The van der Waals surface area contributed by atoms with Crippen molar-refractivity contribution in [2.45, 2.75) is 6.04 Å². The highest BCUT2D eigenvalue weighted by molar-refractivity contribution is 9.10. The number of hydrogen-bond donors (Lipinski definition) is 1. The Hall–Kier alpha value is -1.59. The van der Waals surface area contributed by atoms with Crippen molar-refractivity contribution < 1.29 is 4.39 Å². The van der Waals surface area contributed by atoms with Crippen molar-refractivity contribution in [2.75, 3.05) is 11.4 Å². The summed E-state index contributed by atoms with van der Waals surface area (Å²) in [6.07, 6.45) is 0. The first-order chi connectivity index (χ1) is 10.1. The lowest BCUT2D eigenvalue weighted by atomic mass is 10.1. The smallest absolute Gasteiger partial charge is 0.196 e. The zero-order chi connectivity index (χ0) is 15.0. The highest BCUT2D eigenvalue weighted by Crippen LogP contribution is 2.35. The maximum atomic E-state index is 13.3. The molecular formula is C15H12BrClFN3. The molecule has 3 nitrogen and oxygen atoms in total. The molecule has 2 aromatic rings. The van der Waals surface area contributed by atoms with Crippen LogP contribution in [0.15, 0.2) is 51.9 Å². The fourth-order valence-corrected chi connectivity index (χ4v) is 3.16. The van der Waals surface area contributed by atoms with Crippen LogP contribution in [0.2, 0.25) is 5.02 Å². The highest BCUT2D eigenvalue weighted by Gasteiger charge is 2.30. The van der Waals surface area contributed by atoms with Crippen molar-refractivity contribution in [1.29, 1.82) is 0 Å². The second-order valence-corrected chi connectivity index (χ2v) is 6.02. The van der Waals surface area contributed by atoms with Gasteiger partial charge in [-0.1, -0.05) is 33.6 Å². The van der Waals surface area contributed by atoms with E-state index < -0.39 is 0 Å². The van der Waals surface area contributed by atoms with Gasteiger partial charge in [-0.15, -0.1) is 0 Å². The Balaban J connectivity index is 2.00. The van der Waals surface area contributed by atoms with Gasteiger partial charge in [0.05, 0.1) is 12.6 Å². The number of hydrogen-bond acceptors (Lipinski definition) is 3. The van der Waals surface area contributed by atoms with Crippen LogP contribution in [-0.2, 0) is 0 Å². The van der Waals surface area contributed by atoms with Gasteiger partial charge >= 0.3 is 0 Å². The van der Waals surface area contributed by atoms with Gasteiger partial charge in [0.2, 0.25) is 0 Å². The average Bonchev–Trinajstić information content (AvgIpc) is 2.82. The first kappa shape index (κ1) is 14.4. The minimum absolute atomic E-state index is 0.0684. The Morgan fingerprint density at radius 3 is 2.62 bits per heavy atom. The van der Waals surface area contributed by atoms with Crippen molar-refractivity contribution in [2.24, 2.45) is 10.7 Å². The second-order valence-electron chi connectivity index (χ2n) is 4.73. The number of halogens is 3. The molecule has 0 saturated heterocycles. The van der Waals surface area contributed by atoms with Gasteiger partial charge in [0.25, 0.3) is 0 Å². The Morgan fingerprint density at radius 1 is 1.24 bits per heavy atom. The maximum absolute atomic E-state index is 13.3. The van der Waals surface area contributed by atoms with Crippen molar-refractivity contribution >= 4 is 39.2 Å². The molecule has 0 aromatic heterocycles. The van der Waals surface area contributed by atoms with Crippen LogP contribution in [0, 0.1) is 5.82 Å². The lowest BCUT2D eigenvalue weighted by Gasteiger charge is -2.27. The van der Waals surface area contributed by atoms with Crippen molar-refractivity contribution in [1.82, 2.24) is 0 Å². The number of anilines is 1. The van der Waals surface area contributed by atoms with E-state index in [-0.39, 0.29) is 11.9 Å². The predicted molar refractivity (Wildman–Crippen MR) is 87.3 cm³/mol. The highest BCUT2D eigenvalue weighted by atomic mass is 79.9. The van der Waals surface area contributed by atoms with E-state index in [9.17, 15) is 4.39 Å². The number of benzene rings is 2. The molecule has 2 aromatic carbocycles. The first-order valence-electron chi connectivity index (χ1n) is 6.36. The van der Waals surface area contributed by atoms with Gasteiger partial charge in [-0.3, -0.25) is 4.99 Å². The van der Waals surface area contributed by atoms with E-state index in [0.29, 0.717) is 22.0 Å². The van der Waals surface area contributed by atoms with Crippen LogP contribution in [0.4, 0.5) is 10.1 Å². The van der Waals surface area contributed by atoms with E-state index in [0.717, 1.165) is 11.3 Å². The summed E-state index contributed by atoms with van der Waals surface area (Å²) >= 11 is 9.33. The van der Waals surface area contributed by atoms with Gasteiger partial charge in [0.1, 0.15) is 5.82 Å². The summed E-state index contributed by atoms with van der Waals surface area (Å²) < 4.78 is 14.0. The minimum Gasteiger partial charge on any atom is -0.369 e. The third kappa shape index (κ3) is 2.76.